The lowest BCUT2D eigenvalue weighted by atomic mass is 9.83. The summed E-state index contributed by atoms with van der Waals surface area (Å²) in [6.45, 7) is 3.40. The van der Waals surface area contributed by atoms with Gasteiger partial charge in [-0.1, -0.05) is 13.0 Å². The number of aromatic hydroxyl groups is 1. The zero-order valence-corrected chi connectivity index (χ0v) is 16.8. The van der Waals surface area contributed by atoms with Crippen molar-refractivity contribution in [2.45, 2.75) is 32.4 Å². The lowest BCUT2D eigenvalue weighted by Gasteiger charge is -2.43. The lowest BCUT2D eigenvalue weighted by Crippen LogP contribution is -2.45. The first kappa shape index (κ1) is 21.9. The van der Waals surface area contributed by atoms with E-state index in [1.165, 1.54) is 6.07 Å². The normalized spacial score (nSPS) is 20.3. The van der Waals surface area contributed by atoms with E-state index >= 15 is 8.78 Å². The molecule has 3 rings (SSSR count). The fourth-order valence-corrected chi connectivity index (χ4v) is 4.05. The van der Waals surface area contributed by atoms with Crippen LogP contribution in [0.1, 0.15) is 42.1 Å². The summed E-state index contributed by atoms with van der Waals surface area (Å²) in [6, 6.07) is 5.96. The number of fused-ring (bicyclic) bond motifs is 1. The van der Waals surface area contributed by atoms with Crippen molar-refractivity contribution in [3.8, 4) is 5.75 Å². The Hall–Kier alpha value is -2.80. The van der Waals surface area contributed by atoms with Crippen LogP contribution < -0.4 is 0 Å². The number of phenolic OH excluding ortho intramolecular Hbond substituents is 1. The van der Waals surface area contributed by atoms with Crippen LogP contribution in [-0.2, 0) is 11.2 Å². The molecule has 1 aliphatic rings. The number of halogens is 3. The molecule has 0 amide bonds. The summed E-state index contributed by atoms with van der Waals surface area (Å²) >= 11 is 0. The van der Waals surface area contributed by atoms with Crippen LogP contribution in [0.25, 0.3) is 6.08 Å². The van der Waals surface area contributed by atoms with E-state index in [1.54, 1.807) is 19.1 Å². The molecule has 3 atom stereocenters. The van der Waals surface area contributed by atoms with Crippen molar-refractivity contribution in [3.05, 3.63) is 70.3 Å². The van der Waals surface area contributed by atoms with E-state index in [4.69, 9.17) is 5.11 Å². The third kappa shape index (κ3) is 4.51. The highest BCUT2D eigenvalue weighted by molar-refractivity contribution is 5.85. The Bertz CT molecular complexity index is 953. The van der Waals surface area contributed by atoms with Crippen molar-refractivity contribution in [1.82, 2.24) is 4.90 Å². The van der Waals surface area contributed by atoms with E-state index in [0.717, 1.165) is 29.8 Å². The number of rotatable bonds is 6. The Morgan fingerprint density at radius 2 is 1.93 bits per heavy atom. The van der Waals surface area contributed by atoms with E-state index in [0.29, 0.717) is 18.5 Å². The highest BCUT2D eigenvalue weighted by atomic mass is 19.1. The second-order valence-electron chi connectivity index (χ2n) is 7.86. The predicted octanol–water partition coefficient (Wildman–Crippen LogP) is 4.71. The van der Waals surface area contributed by atoms with Crippen LogP contribution in [0.3, 0.4) is 0 Å². The summed E-state index contributed by atoms with van der Waals surface area (Å²) in [6.07, 6.45) is 2.49. The van der Waals surface area contributed by atoms with E-state index in [2.05, 4.69) is 0 Å². The van der Waals surface area contributed by atoms with Crippen LogP contribution in [0, 0.1) is 17.6 Å². The van der Waals surface area contributed by atoms with Crippen LogP contribution in [-0.4, -0.2) is 40.3 Å². The van der Waals surface area contributed by atoms with Crippen molar-refractivity contribution in [2.24, 2.45) is 5.92 Å². The second-order valence-corrected chi connectivity index (χ2v) is 7.86. The van der Waals surface area contributed by atoms with E-state index < -0.39 is 30.3 Å². The molecule has 0 fully saturated rings. The number of alkyl halides is 1. The van der Waals surface area contributed by atoms with Gasteiger partial charge >= 0.3 is 5.97 Å². The number of carboxylic acids is 1. The number of carbonyl (C=O) groups is 1. The summed E-state index contributed by atoms with van der Waals surface area (Å²) in [5, 5.41) is 18.6. The lowest BCUT2D eigenvalue weighted by molar-refractivity contribution is -0.131. The highest BCUT2D eigenvalue weighted by Crippen LogP contribution is 2.41. The van der Waals surface area contributed by atoms with Crippen molar-refractivity contribution in [2.75, 3.05) is 13.2 Å². The third-order valence-electron chi connectivity index (χ3n) is 5.41. The van der Waals surface area contributed by atoms with Gasteiger partial charge in [-0.15, -0.1) is 0 Å². The SMILES string of the molecule is C[C@H](CF)CN1[C@H](c2c(F)cc(/C=C/C(=O)O)cc2F)c2ccc(O)cc2C[C@H]1C. The molecule has 160 valence electrons. The Morgan fingerprint density at radius 1 is 1.27 bits per heavy atom. The molecule has 1 aliphatic heterocycles. The molecule has 7 heteroatoms. The fraction of sp³-hybridized carbons (Fsp3) is 0.348. The smallest absolute Gasteiger partial charge is 0.328 e. The minimum Gasteiger partial charge on any atom is -0.508 e. The van der Waals surface area contributed by atoms with Gasteiger partial charge in [-0.2, -0.15) is 0 Å². The van der Waals surface area contributed by atoms with Gasteiger partial charge in [0.1, 0.15) is 17.4 Å². The molecule has 1 heterocycles. The molecule has 2 aromatic carbocycles. The minimum absolute atomic E-state index is 0.0698. The number of carboxylic acid groups (broad SMARTS) is 1. The van der Waals surface area contributed by atoms with Crippen LogP contribution in [0.5, 0.6) is 5.75 Å². The molecule has 0 unspecified atom stereocenters. The van der Waals surface area contributed by atoms with Crippen LogP contribution >= 0.6 is 0 Å². The van der Waals surface area contributed by atoms with Crippen molar-refractivity contribution >= 4 is 12.0 Å². The quantitative estimate of drug-likeness (QED) is 0.666. The van der Waals surface area contributed by atoms with Gasteiger partial charge in [0.05, 0.1) is 12.7 Å². The van der Waals surface area contributed by atoms with Gasteiger partial charge in [-0.3, -0.25) is 9.29 Å². The third-order valence-corrected chi connectivity index (χ3v) is 5.41. The molecule has 0 saturated heterocycles. The Morgan fingerprint density at radius 3 is 2.53 bits per heavy atom. The molecule has 2 N–H and O–H groups in total. The summed E-state index contributed by atoms with van der Waals surface area (Å²) in [7, 11) is 0. The van der Waals surface area contributed by atoms with E-state index in [-0.39, 0.29) is 28.8 Å². The maximum Gasteiger partial charge on any atom is 0.328 e. The van der Waals surface area contributed by atoms with Gasteiger partial charge in [0.15, 0.2) is 0 Å². The largest absolute Gasteiger partial charge is 0.508 e. The second kappa shape index (κ2) is 8.92. The van der Waals surface area contributed by atoms with Gasteiger partial charge in [0.25, 0.3) is 0 Å². The standard InChI is InChI=1S/C23H24F3NO3/c1-13(11-24)12-27-14(2)7-16-10-17(28)4-5-18(16)23(27)22-19(25)8-15(9-20(22)26)3-6-21(29)30/h3-6,8-10,13-14,23,28H,7,11-12H2,1-2H3,(H,29,30)/b6-3+/t13-,14-,23+/m1/s1. The number of nitrogens with zero attached hydrogens (tertiary/aromatic N) is 1. The van der Waals surface area contributed by atoms with E-state index in [9.17, 15) is 14.3 Å². The first-order chi connectivity index (χ1) is 14.2. The number of hydrogen-bond acceptors (Lipinski definition) is 3. The average molecular weight is 419 g/mol. The molecule has 0 saturated carbocycles. The number of hydrogen-bond donors (Lipinski definition) is 2. The zero-order valence-electron chi connectivity index (χ0n) is 16.8. The molecule has 0 spiro atoms. The zero-order chi connectivity index (χ0) is 22.0. The molecule has 0 radical (unpaired) electrons. The van der Waals surface area contributed by atoms with Gasteiger partial charge < -0.3 is 10.2 Å². The summed E-state index contributed by atoms with van der Waals surface area (Å²) in [5.41, 5.74) is 1.36. The van der Waals surface area contributed by atoms with Gasteiger partial charge in [0, 0.05) is 24.2 Å². The molecule has 30 heavy (non-hydrogen) atoms. The molecule has 0 aliphatic carbocycles. The molecular formula is C23H24F3NO3. The minimum atomic E-state index is -1.22. The average Bonchev–Trinajstić information content (AvgIpc) is 2.67. The number of phenols is 1. The maximum absolute atomic E-state index is 15.1. The van der Waals surface area contributed by atoms with E-state index in [1.807, 2.05) is 11.8 Å². The molecule has 0 bridgehead atoms. The fourth-order valence-electron chi connectivity index (χ4n) is 4.05. The Balaban J connectivity index is 2.15. The van der Waals surface area contributed by atoms with Crippen molar-refractivity contribution in [1.29, 1.82) is 0 Å². The van der Waals surface area contributed by atoms with Gasteiger partial charge in [0.2, 0.25) is 0 Å². The Kier molecular flexibility index (Phi) is 6.51. The highest BCUT2D eigenvalue weighted by Gasteiger charge is 2.37. The first-order valence-corrected chi connectivity index (χ1v) is 9.74. The van der Waals surface area contributed by atoms with Crippen molar-refractivity contribution < 1.29 is 28.2 Å². The molecule has 4 nitrogen and oxygen atoms in total. The number of aliphatic carboxylic acids is 1. The summed E-state index contributed by atoms with van der Waals surface area (Å²) in [5.74, 6) is -3.09. The first-order valence-electron chi connectivity index (χ1n) is 9.74. The van der Waals surface area contributed by atoms with Crippen LogP contribution in [0.2, 0.25) is 0 Å². The van der Waals surface area contributed by atoms with Gasteiger partial charge in [-0.25, -0.2) is 13.6 Å². The van der Waals surface area contributed by atoms with Gasteiger partial charge in [-0.05, 0) is 66.3 Å². The molecule has 0 aromatic heterocycles. The summed E-state index contributed by atoms with van der Waals surface area (Å²) < 4.78 is 43.5. The maximum atomic E-state index is 15.1. The van der Waals surface area contributed by atoms with Crippen LogP contribution in [0.4, 0.5) is 13.2 Å². The topological polar surface area (TPSA) is 60.8 Å². The number of benzene rings is 2. The molecule has 2 aromatic rings. The predicted molar refractivity (Wildman–Crippen MR) is 108 cm³/mol. The Labute approximate surface area is 173 Å². The van der Waals surface area contributed by atoms with Crippen molar-refractivity contribution in [3.63, 3.8) is 0 Å². The monoisotopic (exact) mass is 419 g/mol. The molecular weight excluding hydrogens is 395 g/mol. The summed E-state index contributed by atoms with van der Waals surface area (Å²) in [4.78, 5) is 12.6. The van der Waals surface area contributed by atoms with Crippen LogP contribution in [0.15, 0.2) is 36.4 Å².